The van der Waals surface area contributed by atoms with Crippen LogP contribution in [0.3, 0.4) is 0 Å². The molecule has 4 nitrogen and oxygen atoms in total. The average Bonchev–Trinajstić information content (AvgIpc) is 2.46. The van der Waals surface area contributed by atoms with Crippen LogP contribution in [0.2, 0.25) is 5.02 Å². The molecule has 0 saturated carbocycles. The van der Waals surface area contributed by atoms with E-state index in [4.69, 9.17) is 23.2 Å². The Morgan fingerprint density at radius 3 is 2.40 bits per heavy atom. The standard InChI is InChI=1S/C14H11Cl2N3O/c15-10-5-4-8-12(9-10)18-19-13(16)14(20)17-11-6-2-1-3-7-11/h1-9,18H,(H,17,20)/b19-13-. The Kier molecular flexibility index (Phi) is 4.98. The summed E-state index contributed by atoms with van der Waals surface area (Å²) >= 11 is 11.6. The summed E-state index contributed by atoms with van der Waals surface area (Å²) in [5, 5.41) is 6.78. The number of hydrogen-bond donors (Lipinski definition) is 2. The van der Waals surface area contributed by atoms with Gasteiger partial charge in [0.1, 0.15) is 0 Å². The van der Waals surface area contributed by atoms with Gasteiger partial charge in [-0.05, 0) is 30.3 Å². The van der Waals surface area contributed by atoms with Gasteiger partial charge in [-0.1, -0.05) is 47.5 Å². The van der Waals surface area contributed by atoms with Gasteiger partial charge < -0.3 is 5.32 Å². The van der Waals surface area contributed by atoms with Crippen molar-refractivity contribution < 1.29 is 4.79 Å². The number of nitrogens with zero attached hydrogens (tertiary/aromatic N) is 1. The number of carbonyl (C=O) groups is 1. The first-order valence-electron chi connectivity index (χ1n) is 5.76. The van der Waals surface area contributed by atoms with Gasteiger partial charge >= 0.3 is 0 Å². The third-order valence-electron chi connectivity index (χ3n) is 2.33. The van der Waals surface area contributed by atoms with Crippen molar-refractivity contribution in [2.24, 2.45) is 5.10 Å². The molecule has 0 aliphatic heterocycles. The fraction of sp³-hybridized carbons (Fsp3) is 0. The first kappa shape index (κ1) is 14.4. The lowest BCUT2D eigenvalue weighted by molar-refractivity contribution is -0.110. The maximum absolute atomic E-state index is 11.8. The van der Waals surface area contributed by atoms with Crippen LogP contribution in [0.25, 0.3) is 0 Å². The molecule has 6 heteroatoms. The van der Waals surface area contributed by atoms with Gasteiger partial charge in [0.15, 0.2) is 0 Å². The first-order chi connectivity index (χ1) is 9.65. The van der Waals surface area contributed by atoms with Gasteiger partial charge in [-0.25, -0.2) is 0 Å². The van der Waals surface area contributed by atoms with Gasteiger partial charge in [0, 0.05) is 10.7 Å². The molecule has 0 radical (unpaired) electrons. The molecule has 1 amide bonds. The van der Waals surface area contributed by atoms with Gasteiger partial charge in [0.2, 0.25) is 5.17 Å². The van der Waals surface area contributed by atoms with Crippen LogP contribution >= 0.6 is 23.2 Å². The van der Waals surface area contributed by atoms with Crippen LogP contribution in [0.15, 0.2) is 59.7 Å². The van der Waals surface area contributed by atoms with Gasteiger partial charge in [0.25, 0.3) is 5.91 Å². The monoisotopic (exact) mass is 307 g/mol. The van der Waals surface area contributed by atoms with E-state index in [1.807, 2.05) is 18.2 Å². The summed E-state index contributed by atoms with van der Waals surface area (Å²) in [5.41, 5.74) is 3.95. The van der Waals surface area contributed by atoms with E-state index in [0.29, 0.717) is 16.4 Å². The van der Waals surface area contributed by atoms with E-state index in [9.17, 15) is 4.79 Å². The number of benzene rings is 2. The van der Waals surface area contributed by atoms with Crippen molar-refractivity contribution >= 4 is 45.7 Å². The summed E-state index contributed by atoms with van der Waals surface area (Å²) in [6.07, 6.45) is 0. The maximum atomic E-state index is 11.8. The van der Waals surface area contributed by atoms with E-state index < -0.39 is 5.91 Å². The van der Waals surface area contributed by atoms with E-state index in [1.165, 1.54) is 0 Å². The molecule has 0 bridgehead atoms. The lowest BCUT2D eigenvalue weighted by Gasteiger charge is -2.04. The molecule has 0 aliphatic rings. The van der Waals surface area contributed by atoms with Crippen molar-refractivity contribution in [3.63, 3.8) is 0 Å². The summed E-state index contributed by atoms with van der Waals surface area (Å²) in [6, 6.07) is 15.9. The normalized spacial score (nSPS) is 11.0. The molecule has 0 spiro atoms. The van der Waals surface area contributed by atoms with Crippen molar-refractivity contribution in [2.45, 2.75) is 0 Å². The van der Waals surface area contributed by atoms with Crippen LogP contribution in [0.1, 0.15) is 0 Å². The minimum Gasteiger partial charge on any atom is -0.320 e. The summed E-state index contributed by atoms with van der Waals surface area (Å²) in [6.45, 7) is 0. The van der Waals surface area contributed by atoms with Gasteiger partial charge in [-0.15, -0.1) is 0 Å². The van der Waals surface area contributed by atoms with Gasteiger partial charge in [-0.2, -0.15) is 5.10 Å². The Balaban J connectivity index is 1.98. The Labute approximate surface area is 126 Å². The highest BCUT2D eigenvalue weighted by atomic mass is 35.5. The molecule has 0 aromatic heterocycles. The molecule has 0 heterocycles. The van der Waals surface area contributed by atoms with Crippen molar-refractivity contribution in [3.8, 4) is 0 Å². The molecule has 2 aromatic carbocycles. The molecular formula is C14H11Cl2N3O. The van der Waals surface area contributed by atoms with Crippen molar-refractivity contribution in [3.05, 3.63) is 59.6 Å². The fourth-order valence-electron chi connectivity index (χ4n) is 1.43. The van der Waals surface area contributed by atoms with Crippen LogP contribution in [-0.4, -0.2) is 11.1 Å². The van der Waals surface area contributed by atoms with E-state index in [1.54, 1.807) is 36.4 Å². The van der Waals surface area contributed by atoms with Crippen LogP contribution in [0.4, 0.5) is 11.4 Å². The molecule has 20 heavy (non-hydrogen) atoms. The minimum atomic E-state index is -0.493. The summed E-state index contributed by atoms with van der Waals surface area (Å²) in [7, 11) is 0. The Morgan fingerprint density at radius 1 is 1.00 bits per heavy atom. The van der Waals surface area contributed by atoms with Crippen LogP contribution in [0.5, 0.6) is 0 Å². The van der Waals surface area contributed by atoms with Gasteiger partial charge in [-0.3, -0.25) is 10.2 Å². The predicted molar refractivity (Wildman–Crippen MR) is 83.4 cm³/mol. The van der Waals surface area contributed by atoms with E-state index in [0.717, 1.165) is 0 Å². The molecule has 2 rings (SSSR count). The molecule has 2 aromatic rings. The predicted octanol–water partition coefficient (Wildman–Crippen LogP) is 3.94. The van der Waals surface area contributed by atoms with Crippen LogP contribution in [-0.2, 0) is 4.79 Å². The highest BCUT2D eigenvalue weighted by Gasteiger charge is 2.08. The Bertz CT molecular complexity index is 629. The number of halogens is 2. The molecule has 102 valence electrons. The third-order valence-corrected chi connectivity index (χ3v) is 2.82. The number of nitrogens with one attached hydrogen (secondary N) is 2. The number of rotatable bonds is 4. The number of hydrogen-bond acceptors (Lipinski definition) is 3. The lowest BCUT2D eigenvalue weighted by Crippen LogP contribution is -2.19. The SMILES string of the molecule is O=C(Nc1ccccc1)/C(Cl)=N/Nc1cccc(Cl)c1. The quantitative estimate of drug-likeness (QED) is 0.664. The van der Waals surface area contributed by atoms with Crippen LogP contribution < -0.4 is 10.7 Å². The fourth-order valence-corrected chi connectivity index (χ4v) is 1.71. The average molecular weight is 308 g/mol. The zero-order valence-corrected chi connectivity index (χ0v) is 11.8. The minimum absolute atomic E-state index is 0.200. The number of amides is 1. The largest absolute Gasteiger partial charge is 0.320 e. The number of carbonyl (C=O) groups excluding carboxylic acids is 1. The zero-order valence-electron chi connectivity index (χ0n) is 10.3. The lowest BCUT2D eigenvalue weighted by atomic mass is 10.3. The second-order valence-electron chi connectivity index (χ2n) is 3.84. The first-order valence-corrected chi connectivity index (χ1v) is 6.52. The van der Waals surface area contributed by atoms with Crippen molar-refractivity contribution in [1.82, 2.24) is 0 Å². The Hall–Kier alpha value is -2.04. The molecule has 0 atom stereocenters. The smallest absolute Gasteiger partial charge is 0.287 e. The number of para-hydroxylation sites is 1. The van der Waals surface area contributed by atoms with Crippen molar-refractivity contribution in [1.29, 1.82) is 0 Å². The molecular weight excluding hydrogens is 297 g/mol. The molecule has 0 unspecified atom stereocenters. The van der Waals surface area contributed by atoms with Crippen LogP contribution in [0, 0.1) is 0 Å². The van der Waals surface area contributed by atoms with E-state index >= 15 is 0 Å². The topological polar surface area (TPSA) is 53.5 Å². The zero-order chi connectivity index (χ0) is 14.4. The number of hydrazone groups is 1. The maximum Gasteiger partial charge on any atom is 0.287 e. The van der Waals surface area contributed by atoms with Gasteiger partial charge in [0.05, 0.1) is 5.69 Å². The summed E-state index contributed by atoms with van der Waals surface area (Å²) in [4.78, 5) is 11.8. The number of anilines is 2. The summed E-state index contributed by atoms with van der Waals surface area (Å²) < 4.78 is 0. The molecule has 0 saturated heterocycles. The van der Waals surface area contributed by atoms with E-state index in [2.05, 4.69) is 15.8 Å². The molecule has 0 aliphatic carbocycles. The van der Waals surface area contributed by atoms with Crippen molar-refractivity contribution in [2.75, 3.05) is 10.7 Å². The highest BCUT2D eigenvalue weighted by Crippen LogP contribution is 2.15. The second kappa shape index (κ2) is 6.93. The summed E-state index contributed by atoms with van der Waals surface area (Å²) in [5.74, 6) is -0.493. The molecule has 2 N–H and O–H groups in total. The highest BCUT2D eigenvalue weighted by molar-refractivity contribution is 6.84. The van der Waals surface area contributed by atoms with E-state index in [-0.39, 0.29) is 5.17 Å². The molecule has 0 fully saturated rings. The third kappa shape index (κ3) is 4.26. The Morgan fingerprint density at radius 2 is 1.70 bits per heavy atom. The second-order valence-corrected chi connectivity index (χ2v) is 4.64.